The van der Waals surface area contributed by atoms with E-state index in [1.54, 1.807) is 24.5 Å². The van der Waals surface area contributed by atoms with E-state index in [0.29, 0.717) is 10.8 Å². The fraction of sp³-hybridized carbons (Fsp3) is 0.192. The van der Waals surface area contributed by atoms with Gasteiger partial charge in [0.05, 0.1) is 35.9 Å². The summed E-state index contributed by atoms with van der Waals surface area (Å²) < 4.78 is 28.0. The summed E-state index contributed by atoms with van der Waals surface area (Å²) in [4.78, 5) is 11.0. The third-order valence-corrected chi connectivity index (χ3v) is 7.16. The van der Waals surface area contributed by atoms with Gasteiger partial charge in [-0.15, -0.1) is 0 Å². The maximum atomic E-state index is 11.7. The van der Waals surface area contributed by atoms with Gasteiger partial charge in [-0.1, -0.05) is 6.07 Å². The summed E-state index contributed by atoms with van der Waals surface area (Å²) in [6.45, 7) is 4.18. The monoisotopic (exact) mass is 518 g/mol. The van der Waals surface area contributed by atoms with E-state index in [2.05, 4.69) is 49.4 Å². The van der Waals surface area contributed by atoms with Crippen LogP contribution >= 0.6 is 12.2 Å². The van der Waals surface area contributed by atoms with Gasteiger partial charge in [-0.25, -0.2) is 8.42 Å². The van der Waals surface area contributed by atoms with Crippen LogP contribution in [0, 0.1) is 13.8 Å². The molecule has 1 aliphatic rings. The fourth-order valence-corrected chi connectivity index (χ4v) is 5.73. The Morgan fingerprint density at radius 3 is 2.42 bits per heavy atom. The van der Waals surface area contributed by atoms with Gasteiger partial charge in [0.1, 0.15) is 0 Å². The summed E-state index contributed by atoms with van der Waals surface area (Å²) in [7, 11) is -3.37. The van der Waals surface area contributed by atoms with Crippen LogP contribution in [0.4, 0.5) is 11.4 Å². The van der Waals surface area contributed by atoms with Crippen molar-refractivity contribution in [1.82, 2.24) is 19.9 Å². The van der Waals surface area contributed by atoms with Crippen LogP contribution < -0.4 is 14.9 Å². The molecule has 0 bridgehead atoms. The Morgan fingerprint density at radius 1 is 1.00 bits per heavy atom. The molecule has 0 saturated carbocycles. The van der Waals surface area contributed by atoms with Gasteiger partial charge in [0, 0.05) is 35.2 Å². The first-order valence-electron chi connectivity index (χ1n) is 11.4. The zero-order valence-electron chi connectivity index (χ0n) is 20.1. The van der Waals surface area contributed by atoms with Gasteiger partial charge < -0.3 is 14.8 Å². The van der Waals surface area contributed by atoms with Crippen LogP contribution in [-0.2, 0) is 10.0 Å². The second-order valence-electron chi connectivity index (χ2n) is 8.79. The first-order valence-corrected chi connectivity index (χ1v) is 13.7. The second kappa shape index (κ2) is 9.36. The number of benzene rings is 1. The summed E-state index contributed by atoms with van der Waals surface area (Å²) in [5.41, 5.74) is 6.49. The molecule has 10 heteroatoms. The molecular weight excluding hydrogens is 492 g/mol. The molecule has 2 atom stereocenters. The lowest BCUT2D eigenvalue weighted by molar-refractivity contribution is 0.565. The van der Waals surface area contributed by atoms with Crippen molar-refractivity contribution in [2.24, 2.45) is 0 Å². The molecule has 1 aliphatic heterocycles. The summed E-state index contributed by atoms with van der Waals surface area (Å²) in [5, 5.41) is 4.05. The Balaban J connectivity index is 1.62. The molecule has 2 unspecified atom stereocenters. The Labute approximate surface area is 216 Å². The SMILES string of the molecule is Cc1cc(C2C(c3ccccn3)NC(=S)N2c2ccc(NS(C)(=O)=O)cc2)c(C)n1-c1cccnc1. The number of sulfonamides is 1. The average Bonchev–Trinajstić information content (AvgIpc) is 3.35. The van der Waals surface area contributed by atoms with Gasteiger partial charge in [-0.3, -0.25) is 14.7 Å². The van der Waals surface area contributed by atoms with Gasteiger partial charge in [0.2, 0.25) is 10.0 Å². The first-order chi connectivity index (χ1) is 17.2. The highest BCUT2D eigenvalue weighted by atomic mass is 32.2. The standard InChI is InChI=1S/C26H26N6O2S2/c1-17-15-22(18(2)31(17)21-7-6-13-27-16-21)25-24(23-8-4-5-14-28-23)29-26(35)32(25)20-11-9-19(10-12-20)30-36(3,33)34/h4-16,24-25,30H,1-3H3,(H,29,35). The van der Waals surface area contributed by atoms with E-state index in [1.807, 2.05) is 48.7 Å². The molecule has 8 nitrogen and oxygen atoms in total. The van der Waals surface area contributed by atoms with Crippen LogP contribution in [0.15, 0.2) is 79.3 Å². The predicted octanol–water partition coefficient (Wildman–Crippen LogP) is 4.43. The number of anilines is 2. The molecule has 184 valence electrons. The normalized spacial score (nSPS) is 17.8. The Kier molecular flexibility index (Phi) is 6.23. The summed E-state index contributed by atoms with van der Waals surface area (Å²) >= 11 is 5.83. The van der Waals surface area contributed by atoms with Crippen molar-refractivity contribution in [3.8, 4) is 5.69 Å². The van der Waals surface area contributed by atoms with Crippen molar-refractivity contribution in [3.05, 3.63) is 102 Å². The number of nitrogens with zero attached hydrogens (tertiary/aromatic N) is 4. The maximum absolute atomic E-state index is 11.7. The zero-order chi connectivity index (χ0) is 25.4. The number of thiocarbonyl (C=S) groups is 1. The molecule has 5 rings (SSSR count). The van der Waals surface area contributed by atoms with Crippen LogP contribution in [0.2, 0.25) is 0 Å². The van der Waals surface area contributed by atoms with Crippen LogP contribution in [0.5, 0.6) is 0 Å². The van der Waals surface area contributed by atoms with Gasteiger partial charge in [0.25, 0.3) is 0 Å². The Morgan fingerprint density at radius 2 is 1.78 bits per heavy atom. The molecule has 4 heterocycles. The number of hydrogen-bond acceptors (Lipinski definition) is 5. The van der Waals surface area contributed by atoms with E-state index >= 15 is 0 Å². The second-order valence-corrected chi connectivity index (χ2v) is 10.9. The van der Waals surface area contributed by atoms with Gasteiger partial charge >= 0.3 is 0 Å². The van der Waals surface area contributed by atoms with Gasteiger partial charge in [-0.2, -0.15) is 0 Å². The largest absolute Gasteiger partial charge is 0.351 e. The number of pyridine rings is 2. The van der Waals surface area contributed by atoms with Crippen molar-refractivity contribution < 1.29 is 8.42 Å². The van der Waals surface area contributed by atoms with Crippen LogP contribution in [0.3, 0.4) is 0 Å². The highest BCUT2D eigenvalue weighted by Crippen LogP contribution is 2.43. The maximum Gasteiger partial charge on any atom is 0.229 e. The van der Waals surface area contributed by atoms with E-state index in [9.17, 15) is 8.42 Å². The molecule has 1 fully saturated rings. The highest BCUT2D eigenvalue weighted by Gasteiger charge is 2.42. The smallest absolute Gasteiger partial charge is 0.229 e. The van der Waals surface area contributed by atoms with Gasteiger partial charge in [-0.05, 0) is 86.2 Å². The van der Waals surface area contributed by atoms with E-state index < -0.39 is 10.0 Å². The number of rotatable bonds is 6. The minimum absolute atomic E-state index is 0.183. The van der Waals surface area contributed by atoms with Crippen LogP contribution in [0.25, 0.3) is 5.69 Å². The van der Waals surface area contributed by atoms with Crippen molar-refractivity contribution in [3.63, 3.8) is 0 Å². The molecule has 0 spiro atoms. The Bertz CT molecular complexity index is 1500. The highest BCUT2D eigenvalue weighted by molar-refractivity contribution is 7.92. The summed E-state index contributed by atoms with van der Waals surface area (Å²) in [5.74, 6) is 0. The molecular formula is C26H26N6O2S2. The predicted molar refractivity (Wildman–Crippen MR) is 146 cm³/mol. The fourth-order valence-electron chi connectivity index (χ4n) is 4.82. The third kappa shape index (κ3) is 4.57. The minimum atomic E-state index is -3.37. The molecule has 4 aromatic rings. The van der Waals surface area contributed by atoms with Crippen molar-refractivity contribution in [2.45, 2.75) is 25.9 Å². The first kappa shape index (κ1) is 24.0. The van der Waals surface area contributed by atoms with Crippen molar-refractivity contribution in [1.29, 1.82) is 0 Å². The van der Waals surface area contributed by atoms with Crippen LogP contribution in [0.1, 0.15) is 34.7 Å². The topological polar surface area (TPSA) is 92.2 Å². The zero-order valence-corrected chi connectivity index (χ0v) is 21.7. The minimum Gasteiger partial charge on any atom is -0.351 e. The lowest BCUT2D eigenvalue weighted by Gasteiger charge is -2.28. The molecule has 0 radical (unpaired) electrons. The van der Waals surface area contributed by atoms with Crippen molar-refractivity contribution in [2.75, 3.05) is 15.9 Å². The quantitative estimate of drug-likeness (QED) is 0.365. The Hall–Kier alpha value is -3.76. The number of aryl methyl sites for hydroxylation is 1. The van der Waals surface area contributed by atoms with E-state index in [1.165, 1.54) is 0 Å². The van der Waals surface area contributed by atoms with Crippen LogP contribution in [-0.4, -0.2) is 34.3 Å². The lowest BCUT2D eigenvalue weighted by Crippen LogP contribution is -2.29. The molecule has 36 heavy (non-hydrogen) atoms. The summed E-state index contributed by atoms with van der Waals surface area (Å²) in [6, 6.07) is 18.9. The molecule has 2 N–H and O–H groups in total. The number of aromatic nitrogens is 3. The molecule has 3 aromatic heterocycles. The molecule has 1 aromatic carbocycles. The lowest BCUT2D eigenvalue weighted by atomic mass is 9.96. The number of nitrogens with one attached hydrogen (secondary N) is 2. The average molecular weight is 519 g/mol. The third-order valence-electron chi connectivity index (χ3n) is 6.24. The molecule has 0 aliphatic carbocycles. The van der Waals surface area contributed by atoms with Gasteiger partial charge in [0.15, 0.2) is 5.11 Å². The number of hydrogen-bond donors (Lipinski definition) is 2. The molecule has 0 amide bonds. The van der Waals surface area contributed by atoms with E-state index in [-0.39, 0.29) is 12.1 Å². The van der Waals surface area contributed by atoms with E-state index in [0.717, 1.165) is 40.3 Å². The van der Waals surface area contributed by atoms with Crippen molar-refractivity contribution >= 4 is 38.7 Å². The molecule has 1 saturated heterocycles. The summed E-state index contributed by atoms with van der Waals surface area (Å²) in [6.07, 6.45) is 6.53. The van der Waals surface area contributed by atoms with E-state index in [4.69, 9.17) is 12.2 Å².